The number of carbonyl (C=O) groups is 1. The number of ether oxygens (including phenoxy) is 1. The Morgan fingerprint density at radius 2 is 2.18 bits per heavy atom. The van der Waals surface area contributed by atoms with Gasteiger partial charge in [0, 0.05) is 23.2 Å². The maximum absolute atomic E-state index is 11.4. The van der Waals surface area contributed by atoms with Crippen LogP contribution in [0.3, 0.4) is 0 Å². The minimum atomic E-state index is -0.206. The van der Waals surface area contributed by atoms with Gasteiger partial charge in [-0.2, -0.15) is 0 Å². The Hall–Kier alpha value is -1.42. The molecule has 1 rings (SSSR count). The zero-order chi connectivity index (χ0) is 12.8. The summed E-state index contributed by atoms with van der Waals surface area (Å²) in [7, 11) is 1.58. The Kier molecular flexibility index (Phi) is 5.10. The van der Waals surface area contributed by atoms with Crippen LogP contribution in [0, 0.1) is 0 Å². The number of methoxy groups -OCH3 is 1. The third-order valence-electron chi connectivity index (χ3n) is 2.10. The molecule has 0 atom stereocenters. The molecular weight excluding hydrogens is 240 g/mol. The van der Waals surface area contributed by atoms with E-state index in [0.29, 0.717) is 17.3 Å². The highest BCUT2D eigenvalue weighted by Crippen LogP contribution is 2.22. The molecule has 2 N–H and O–H groups in total. The molecule has 0 radical (unpaired) electrons. The molecule has 1 aromatic rings. The maximum atomic E-state index is 11.4. The number of halogens is 1. The van der Waals surface area contributed by atoms with E-state index in [2.05, 4.69) is 10.6 Å². The molecule has 0 unspecified atom stereocenters. The standard InChI is InChI=1S/C12H17ClN2O2/c1-8(2)15-12(16)14-7-9-6-10(13)4-5-11(9)17-3/h4-6,8H,7H2,1-3H3,(H2,14,15,16). The van der Waals surface area contributed by atoms with Crippen molar-refractivity contribution >= 4 is 17.6 Å². The van der Waals surface area contributed by atoms with E-state index >= 15 is 0 Å². The third-order valence-corrected chi connectivity index (χ3v) is 2.34. The monoisotopic (exact) mass is 256 g/mol. The number of rotatable bonds is 4. The van der Waals surface area contributed by atoms with Crippen molar-refractivity contribution in [3.8, 4) is 5.75 Å². The van der Waals surface area contributed by atoms with Crippen LogP contribution in [-0.4, -0.2) is 19.2 Å². The van der Waals surface area contributed by atoms with Crippen LogP contribution in [0.1, 0.15) is 19.4 Å². The van der Waals surface area contributed by atoms with Gasteiger partial charge in [-0.1, -0.05) is 11.6 Å². The number of carbonyl (C=O) groups excluding carboxylic acids is 1. The minimum absolute atomic E-state index is 0.108. The van der Waals surface area contributed by atoms with Gasteiger partial charge in [0.05, 0.1) is 7.11 Å². The first-order chi connectivity index (χ1) is 8.02. The second-order valence-corrected chi connectivity index (χ2v) is 4.37. The molecule has 0 saturated carbocycles. The van der Waals surface area contributed by atoms with E-state index in [1.807, 2.05) is 13.8 Å². The molecule has 0 spiro atoms. The number of hydrogen-bond acceptors (Lipinski definition) is 2. The van der Waals surface area contributed by atoms with Gasteiger partial charge in [0.2, 0.25) is 0 Å². The van der Waals surface area contributed by atoms with Gasteiger partial charge in [-0.15, -0.1) is 0 Å². The summed E-state index contributed by atoms with van der Waals surface area (Å²) in [5.74, 6) is 0.708. The number of amides is 2. The fraction of sp³-hybridized carbons (Fsp3) is 0.417. The summed E-state index contributed by atoms with van der Waals surface area (Å²) in [5.41, 5.74) is 0.846. The number of nitrogens with one attached hydrogen (secondary N) is 2. The molecule has 0 heterocycles. The van der Waals surface area contributed by atoms with Crippen molar-refractivity contribution in [3.05, 3.63) is 28.8 Å². The summed E-state index contributed by atoms with van der Waals surface area (Å²) in [6.45, 7) is 4.18. The molecule has 0 bridgehead atoms. The van der Waals surface area contributed by atoms with Crippen LogP contribution in [0.5, 0.6) is 5.75 Å². The van der Waals surface area contributed by atoms with Gasteiger partial charge in [0.15, 0.2) is 0 Å². The zero-order valence-electron chi connectivity index (χ0n) is 10.2. The average Bonchev–Trinajstić information content (AvgIpc) is 2.25. The summed E-state index contributed by atoms with van der Waals surface area (Å²) in [5, 5.41) is 6.10. The second kappa shape index (κ2) is 6.35. The quantitative estimate of drug-likeness (QED) is 0.870. The Labute approximate surface area is 106 Å². The molecule has 0 saturated heterocycles. The fourth-order valence-electron chi connectivity index (χ4n) is 1.37. The van der Waals surface area contributed by atoms with Crippen molar-refractivity contribution < 1.29 is 9.53 Å². The highest BCUT2D eigenvalue weighted by atomic mass is 35.5. The van der Waals surface area contributed by atoms with Crippen LogP contribution in [0.15, 0.2) is 18.2 Å². The van der Waals surface area contributed by atoms with E-state index in [1.54, 1.807) is 25.3 Å². The van der Waals surface area contributed by atoms with Crippen LogP contribution < -0.4 is 15.4 Å². The summed E-state index contributed by atoms with van der Waals surface area (Å²) in [6, 6.07) is 5.20. The molecule has 0 aromatic heterocycles. The van der Waals surface area contributed by atoms with Gasteiger partial charge in [-0.25, -0.2) is 4.79 Å². The van der Waals surface area contributed by atoms with E-state index < -0.39 is 0 Å². The lowest BCUT2D eigenvalue weighted by Gasteiger charge is -2.12. The molecule has 17 heavy (non-hydrogen) atoms. The van der Waals surface area contributed by atoms with Gasteiger partial charge >= 0.3 is 6.03 Å². The van der Waals surface area contributed by atoms with E-state index in [1.165, 1.54) is 0 Å². The van der Waals surface area contributed by atoms with Crippen molar-refractivity contribution in [2.75, 3.05) is 7.11 Å². The molecular formula is C12H17ClN2O2. The Morgan fingerprint density at radius 1 is 1.47 bits per heavy atom. The number of urea groups is 1. The normalized spacial score (nSPS) is 10.2. The SMILES string of the molecule is COc1ccc(Cl)cc1CNC(=O)NC(C)C. The summed E-state index contributed by atoms with van der Waals surface area (Å²) >= 11 is 5.89. The maximum Gasteiger partial charge on any atom is 0.315 e. The van der Waals surface area contributed by atoms with Gasteiger partial charge in [0.25, 0.3) is 0 Å². The number of hydrogen-bond donors (Lipinski definition) is 2. The summed E-state index contributed by atoms with van der Waals surface area (Å²) in [6.07, 6.45) is 0. The van der Waals surface area contributed by atoms with E-state index in [9.17, 15) is 4.79 Å². The predicted molar refractivity (Wildman–Crippen MR) is 68.5 cm³/mol. The molecule has 0 fully saturated rings. The lowest BCUT2D eigenvalue weighted by Crippen LogP contribution is -2.39. The fourth-order valence-corrected chi connectivity index (χ4v) is 1.57. The Morgan fingerprint density at radius 3 is 2.76 bits per heavy atom. The van der Waals surface area contributed by atoms with Crippen molar-refractivity contribution in [1.29, 1.82) is 0 Å². The van der Waals surface area contributed by atoms with E-state index in [4.69, 9.17) is 16.3 Å². The highest BCUT2D eigenvalue weighted by molar-refractivity contribution is 6.30. The molecule has 5 heteroatoms. The Bertz CT molecular complexity index is 394. The minimum Gasteiger partial charge on any atom is -0.496 e. The topological polar surface area (TPSA) is 50.4 Å². The highest BCUT2D eigenvalue weighted by Gasteiger charge is 2.06. The second-order valence-electron chi connectivity index (χ2n) is 3.94. The van der Waals surface area contributed by atoms with Gasteiger partial charge in [-0.3, -0.25) is 0 Å². The Balaban J connectivity index is 2.62. The molecule has 0 aliphatic carbocycles. The van der Waals surface area contributed by atoms with Crippen molar-refractivity contribution in [2.24, 2.45) is 0 Å². The first kappa shape index (κ1) is 13.6. The van der Waals surface area contributed by atoms with Gasteiger partial charge < -0.3 is 15.4 Å². The van der Waals surface area contributed by atoms with Crippen molar-refractivity contribution in [1.82, 2.24) is 10.6 Å². The van der Waals surface area contributed by atoms with Crippen LogP contribution >= 0.6 is 11.6 Å². The van der Waals surface area contributed by atoms with Crippen LogP contribution in [0.25, 0.3) is 0 Å². The predicted octanol–water partition coefficient (Wildman–Crippen LogP) is 2.56. The lowest BCUT2D eigenvalue weighted by molar-refractivity contribution is 0.238. The number of benzene rings is 1. The average molecular weight is 257 g/mol. The molecule has 0 aliphatic rings. The first-order valence-electron chi connectivity index (χ1n) is 5.39. The lowest BCUT2D eigenvalue weighted by atomic mass is 10.2. The molecule has 94 valence electrons. The van der Waals surface area contributed by atoms with Crippen molar-refractivity contribution in [3.63, 3.8) is 0 Å². The third kappa shape index (κ3) is 4.53. The van der Waals surface area contributed by atoms with E-state index in [0.717, 1.165) is 5.56 Å². The first-order valence-corrected chi connectivity index (χ1v) is 5.77. The smallest absolute Gasteiger partial charge is 0.315 e. The molecule has 2 amide bonds. The van der Waals surface area contributed by atoms with Crippen LogP contribution in [0.2, 0.25) is 5.02 Å². The van der Waals surface area contributed by atoms with Crippen molar-refractivity contribution in [2.45, 2.75) is 26.4 Å². The molecule has 4 nitrogen and oxygen atoms in total. The van der Waals surface area contributed by atoms with E-state index in [-0.39, 0.29) is 12.1 Å². The molecule has 0 aliphatic heterocycles. The van der Waals surface area contributed by atoms with Crippen LogP contribution in [0.4, 0.5) is 4.79 Å². The van der Waals surface area contributed by atoms with Gasteiger partial charge in [0.1, 0.15) is 5.75 Å². The zero-order valence-corrected chi connectivity index (χ0v) is 11.0. The van der Waals surface area contributed by atoms with Crippen LogP contribution in [-0.2, 0) is 6.54 Å². The summed E-state index contributed by atoms with van der Waals surface area (Å²) < 4.78 is 5.18. The van der Waals surface area contributed by atoms with Gasteiger partial charge in [-0.05, 0) is 32.0 Å². The summed E-state index contributed by atoms with van der Waals surface area (Å²) in [4.78, 5) is 11.4. The molecule has 1 aromatic carbocycles. The largest absolute Gasteiger partial charge is 0.496 e.